The van der Waals surface area contributed by atoms with Crippen LogP contribution in [0, 0.1) is 11.3 Å². The van der Waals surface area contributed by atoms with Crippen molar-refractivity contribution in [2.24, 2.45) is 11.3 Å². The van der Waals surface area contributed by atoms with Crippen molar-refractivity contribution < 1.29 is 0 Å². The molecular formula is C13H25N. The van der Waals surface area contributed by atoms with Gasteiger partial charge in [0.1, 0.15) is 0 Å². The maximum atomic E-state index is 3.82. The van der Waals surface area contributed by atoms with Crippen LogP contribution in [0.4, 0.5) is 0 Å². The summed E-state index contributed by atoms with van der Waals surface area (Å²) in [4.78, 5) is 0. The van der Waals surface area contributed by atoms with E-state index >= 15 is 0 Å². The van der Waals surface area contributed by atoms with E-state index in [0.29, 0.717) is 5.41 Å². The molecule has 0 bridgehead atoms. The molecule has 0 aromatic rings. The van der Waals surface area contributed by atoms with Gasteiger partial charge in [-0.25, -0.2) is 0 Å². The van der Waals surface area contributed by atoms with Crippen LogP contribution >= 0.6 is 0 Å². The zero-order chi connectivity index (χ0) is 10.2. The first-order chi connectivity index (χ1) is 6.55. The molecule has 2 rings (SSSR count). The summed E-state index contributed by atoms with van der Waals surface area (Å²) in [7, 11) is 0. The molecule has 2 aliphatic rings. The summed E-state index contributed by atoms with van der Waals surface area (Å²) >= 11 is 0. The fourth-order valence-electron chi connectivity index (χ4n) is 2.94. The Bertz CT molecular complexity index is 181. The maximum absolute atomic E-state index is 3.82. The second kappa shape index (κ2) is 3.84. The largest absolute Gasteiger partial charge is 0.311 e. The lowest BCUT2D eigenvalue weighted by atomic mass is 9.74. The molecule has 0 aromatic carbocycles. The number of rotatable bonds is 2. The number of hydrogen-bond acceptors (Lipinski definition) is 1. The third kappa shape index (κ3) is 2.50. The van der Waals surface area contributed by atoms with Crippen molar-refractivity contribution >= 4 is 0 Å². The van der Waals surface area contributed by atoms with Gasteiger partial charge in [-0.3, -0.25) is 0 Å². The molecule has 1 heteroatoms. The van der Waals surface area contributed by atoms with Gasteiger partial charge in [0.2, 0.25) is 0 Å². The second-order valence-corrected chi connectivity index (χ2v) is 6.38. The molecule has 2 saturated carbocycles. The Labute approximate surface area is 88.7 Å². The molecule has 0 aromatic heterocycles. The van der Waals surface area contributed by atoms with Crippen molar-refractivity contribution in [1.82, 2.24) is 5.32 Å². The van der Waals surface area contributed by atoms with Gasteiger partial charge < -0.3 is 5.32 Å². The lowest BCUT2D eigenvalue weighted by molar-refractivity contribution is 0.161. The average molecular weight is 195 g/mol. The molecule has 1 nitrogen and oxygen atoms in total. The van der Waals surface area contributed by atoms with E-state index in [4.69, 9.17) is 0 Å². The van der Waals surface area contributed by atoms with E-state index in [-0.39, 0.29) is 0 Å². The zero-order valence-electron chi connectivity index (χ0n) is 9.97. The third-order valence-electron chi connectivity index (χ3n) is 4.18. The van der Waals surface area contributed by atoms with Crippen LogP contribution in [0.1, 0.15) is 59.3 Å². The molecule has 0 heterocycles. The topological polar surface area (TPSA) is 12.0 Å². The standard InChI is InChI=1S/C13H25N/c1-10-8-12(9-10)14-11-4-6-13(2,3)7-5-11/h10-12,14H,4-9H2,1-3H3. The molecule has 82 valence electrons. The van der Waals surface area contributed by atoms with Crippen LogP contribution < -0.4 is 5.32 Å². The maximum Gasteiger partial charge on any atom is 0.00747 e. The molecular weight excluding hydrogens is 170 g/mol. The first-order valence-corrected chi connectivity index (χ1v) is 6.31. The molecule has 0 unspecified atom stereocenters. The van der Waals surface area contributed by atoms with Crippen LogP contribution in [0.2, 0.25) is 0 Å². The second-order valence-electron chi connectivity index (χ2n) is 6.38. The van der Waals surface area contributed by atoms with Gasteiger partial charge in [-0.2, -0.15) is 0 Å². The minimum atomic E-state index is 0.616. The van der Waals surface area contributed by atoms with Gasteiger partial charge >= 0.3 is 0 Å². The first-order valence-electron chi connectivity index (χ1n) is 6.31. The molecule has 0 aliphatic heterocycles. The summed E-state index contributed by atoms with van der Waals surface area (Å²) in [5, 5.41) is 3.82. The minimum Gasteiger partial charge on any atom is -0.311 e. The minimum absolute atomic E-state index is 0.616. The van der Waals surface area contributed by atoms with Crippen LogP contribution in [0.15, 0.2) is 0 Å². The van der Waals surface area contributed by atoms with E-state index in [2.05, 4.69) is 26.1 Å². The molecule has 0 amide bonds. The highest BCUT2D eigenvalue weighted by Crippen LogP contribution is 2.36. The summed E-state index contributed by atoms with van der Waals surface area (Å²) < 4.78 is 0. The van der Waals surface area contributed by atoms with Crippen molar-refractivity contribution in [3.05, 3.63) is 0 Å². The Balaban J connectivity index is 1.69. The van der Waals surface area contributed by atoms with E-state index in [0.717, 1.165) is 18.0 Å². The quantitative estimate of drug-likeness (QED) is 0.712. The van der Waals surface area contributed by atoms with Crippen molar-refractivity contribution in [2.45, 2.75) is 71.4 Å². The molecule has 2 fully saturated rings. The third-order valence-corrected chi connectivity index (χ3v) is 4.18. The molecule has 1 N–H and O–H groups in total. The van der Waals surface area contributed by atoms with E-state index in [1.54, 1.807) is 0 Å². The normalized spacial score (nSPS) is 37.9. The molecule has 0 saturated heterocycles. The van der Waals surface area contributed by atoms with Gasteiger partial charge in [0.05, 0.1) is 0 Å². The van der Waals surface area contributed by atoms with Gasteiger partial charge in [-0.15, -0.1) is 0 Å². The fourth-order valence-corrected chi connectivity index (χ4v) is 2.94. The van der Waals surface area contributed by atoms with Gasteiger partial charge in [-0.05, 0) is 49.9 Å². The summed E-state index contributed by atoms with van der Waals surface area (Å²) in [6.45, 7) is 7.19. The van der Waals surface area contributed by atoms with Crippen LogP contribution in [-0.2, 0) is 0 Å². The molecule has 0 radical (unpaired) electrons. The molecule has 0 atom stereocenters. The number of hydrogen-bond donors (Lipinski definition) is 1. The van der Waals surface area contributed by atoms with Crippen LogP contribution in [0.5, 0.6) is 0 Å². The lowest BCUT2D eigenvalue weighted by Crippen LogP contribution is -2.47. The van der Waals surface area contributed by atoms with Crippen LogP contribution in [-0.4, -0.2) is 12.1 Å². The summed E-state index contributed by atoms with van der Waals surface area (Å²) in [6.07, 6.45) is 8.45. The predicted molar refractivity (Wildman–Crippen MR) is 61.4 cm³/mol. The zero-order valence-corrected chi connectivity index (χ0v) is 9.97. The van der Waals surface area contributed by atoms with Crippen molar-refractivity contribution in [3.63, 3.8) is 0 Å². The Morgan fingerprint density at radius 1 is 1.00 bits per heavy atom. The molecule has 2 aliphatic carbocycles. The first kappa shape index (κ1) is 10.5. The van der Waals surface area contributed by atoms with Crippen molar-refractivity contribution in [1.29, 1.82) is 0 Å². The van der Waals surface area contributed by atoms with Gasteiger partial charge in [0.15, 0.2) is 0 Å². The van der Waals surface area contributed by atoms with E-state index in [1.807, 2.05) is 0 Å². The highest BCUT2D eigenvalue weighted by atomic mass is 15.0. The summed E-state index contributed by atoms with van der Waals surface area (Å²) in [5.41, 5.74) is 0.616. The number of nitrogens with one attached hydrogen (secondary N) is 1. The van der Waals surface area contributed by atoms with E-state index in [9.17, 15) is 0 Å². The Hall–Kier alpha value is -0.0400. The summed E-state index contributed by atoms with van der Waals surface area (Å²) in [6, 6.07) is 1.69. The van der Waals surface area contributed by atoms with Crippen molar-refractivity contribution in [3.8, 4) is 0 Å². The Kier molecular flexibility index (Phi) is 2.88. The SMILES string of the molecule is CC1CC(NC2CCC(C)(C)CC2)C1. The van der Waals surface area contributed by atoms with E-state index < -0.39 is 0 Å². The average Bonchev–Trinajstić information content (AvgIpc) is 2.06. The summed E-state index contributed by atoms with van der Waals surface area (Å²) in [5.74, 6) is 0.979. The lowest BCUT2D eigenvalue weighted by Gasteiger charge is -2.40. The van der Waals surface area contributed by atoms with Crippen LogP contribution in [0.25, 0.3) is 0 Å². The highest BCUT2D eigenvalue weighted by Gasteiger charge is 2.31. The monoisotopic (exact) mass is 195 g/mol. The van der Waals surface area contributed by atoms with Gasteiger partial charge in [0, 0.05) is 12.1 Å². The van der Waals surface area contributed by atoms with E-state index in [1.165, 1.54) is 38.5 Å². The highest BCUT2D eigenvalue weighted by molar-refractivity contribution is 4.88. The van der Waals surface area contributed by atoms with Crippen LogP contribution in [0.3, 0.4) is 0 Å². The Morgan fingerprint density at radius 2 is 1.57 bits per heavy atom. The smallest absolute Gasteiger partial charge is 0.00747 e. The molecule has 0 spiro atoms. The predicted octanol–water partition coefficient (Wildman–Crippen LogP) is 3.34. The van der Waals surface area contributed by atoms with Gasteiger partial charge in [0.25, 0.3) is 0 Å². The Morgan fingerprint density at radius 3 is 2.07 bits per heavy atom. The van der Waals surface area contributed by atoms with Crippen molar-refractivity contribution in [2.75, 3.05) is 0 Å². The molecule has 14 heavy (non-hydrogen) atoms. The fraction of sp³-hybridized carbons (Fsp3) is 1.00. The van der Waals surface area contributed by atoms with Gasteiger partial charge in [-0.1, -0.05) is 20.8 Å².